The minimum absolute atomic E-state index is 0.302. The number of nitrogens with two attached hydrogens (primary N) is 1. The molecule has 0 heterocycles. The monoisotopic (exact) mass is 323 g/mol. The molecule has 0 aromatic rings. The van der Waals surface area contributed by atoms with E-state index in [2.05, 4.69) is 50.8 Å². The van der Waals surface area contributed by atoms with Gasteiger partial charge >= 0.3 is 5.97 Å². The molecule has 0 fully saturated rings. The minimum atomic E-state index is -0.396. The van der Waals surface area contributed by atoms with Crippen LogP contribution < -0.4 is 5.90 Å². The first-order valence-corrected chi connectivity index (χ1v) is 8.37. The molecule has 4 nitrogen and oxygen atoms in total. The highest BCUT2D eigenvalue weighted by Crippen LogP contribution is 2.11. The number of carbonyl (C=O) groups excluding carboxylic acids is 1. The predicted octanol–water partition coefficient (Wildman–Crippen LogP) is 4.62. The Labute approximate surface area is 141 Å². The second-order valence-electron chi connectivity index (χ2n) is 6.13. The Balaban J connectivity index is 3.73. The van der Waals surface area contributed by atoms with E-state index in [1.54, 1.807) is 0 Å². The molecular formula is C19H33NO3. The highest BCUT2D eigenvalue weighted by Gasteiger charge is 1.99. The van der Waals surface area contributed by atoms with Crippen LogP contribution in [0.4, 0.5) is 0 Å². The van der Waals surface area contributed by atoms with Gasteiger partial charge in [0.1, 0.15) is 0 Å². The van der Waals surface area contributed by atoms with Gasteiger partial charge in [0.05, 0.1) is 6.61 Å². The van der Waals surface area contributed by atoms with Crippen molar-refractivity contribution in [2.24, 2.45) is 5.90 Å². The fourth-order valence-electron chi connectivity index (χ4n) is 2.00. The molecule has 0 radical (unpaired) electrons. The lowest BCUT2D eigenvalue weighted by Crippen LogP contribution is -2.10. The van der Waals surface area contributed by atoms with E-state index in [-0.39, 0.29) is 0 Å². The van der Waals surface area contributed by atoms with E-state index in [1.807, 2.05) is 0 Å². The average Bonchev–Trinajstić information content (AvgIpc) is 2.50. The molecule has 0 aromatic heterocycles. The predicted molar refractivity (Wildman–Crippen MR) is 95.7 cm³/mol. The molecule has 2 N–H and O–H groups in total. The molecule has 0 atom stereocenters. The zero-order valence-electron chi connectivity index (χ0n) is 15.2. The second kappa shape index (κ2) is 14.2. The summed E-state index contributed by atoms with van der Waals surface area (Å²) in [6.07, 6.45) is 12.1. The molecule has 0 saturated heterocycles. The Hall–Kier alpha value is -1.39. The molecule has 132 valence electrons. The van der Waals surface area contributed by atoms with E-state index in [0.29, 0.717) is 26.1 Å². The summed E-state index contributed by atoms with van der Waals surface area (Å²) in [6.45, 7) is 9.74. The standard InChI is InChI=1S/C19H33NO3/c1-16(2)8-5-9-17(3)10-6-11-18(4)13-15-22-14-7-12-19(21)23-20/h8,10,13H,5-7,9,11-12,14-15,20H2,1-4H3. The van der Waals surface area contributed by atoms with E-state index in [0.717, 1.165) is 25.7 Å². The van der Waals surface area contributed by atoms with Crippen molar-refractivity contribution in [2.45, 2.75) is 66.2 Å². The van der Waals surface area contributed by atoms with Crippen LogP contribution in [0.1, 0.15) is 66.2 Å². The highest BCUT2D eigenvalue weighted by atomic mass is 16.7. The maximum absolute atomic E-state index is 10.8. The van der Waals surface area contributed by atoms with Gasteiger partial charge in [-0.1, -0.05) is 34.9 Å². The summed E-state index contributed by atoms with van der Waals surface area (Å²) in [5, 5.41) is 0. The smallest absolute Gasteiger partial charge is 0.324 e. The molecule has 0 aliphatic carbocycles. The van der Waals surface area contributed by atoms with E-state index >= 15 is 0 Å². The molecule has 0 rings (SSSR count). The van der Waals surface area contributed by atoms with Crippen molar-refractivity contribution in [2.75, 3.05) is 13.2 Å². The molecule has 0 amide bonds. The summed E-state index contributed by atoms with van der Waals surface area (Å²) in [4.78, 5) is 14.9. The average molecular weight is 323 g/mol. The first kappa shape index (κ1) is 21.6. The first-order valence-electron chi connectivity index (χ1n) is 8.37. The maximum Gasteiger partial charge on any atom is 0.324 e. The summed E-state index contributed by atoms with van der Waals surface area (Å²) in [5.41, 5.74) is 4.18. The topological polar surface area (TPSA) is 61.5 Å². The molecular weight excluding hydrogens is 290 g/mol. The van der Waals surface area contributed by atoms with Gasteiger partial charge in [0.25, 0.3) is 0 Å². The number of hydrogen-bond donors (Lipinski definition) is 1. The SMILES string of the molecule is CC(C)=CCCC(C)=CCCC(C)=CCOCCCC(=O)ON. The fourth-order valence-corrected chi connectivity index (χ4v) is 2.00. The van der Waals surface area contributed by atoms with Gasteiger partial charge in [0, 0.05) is 13.0 Å². The lowest BCUT2D eigenvalue weighted by atomic mass is 10.1. The number of hydrogen-bond acceptors (Lipinski definition) is 4. The van der Waals surface area contributed by atoms with Gasteiger partial charge in [-0.25, -0.2) is 0 Å². The van der Waals surface area contributed by atoms with Crippen molar-refractivity contribution >= 4 is 5.97 Å². The quantitative estimate of drug-likeness (QED) is 0.323. The summed E-state index contributed by atoms with van der Waals surface area (Å²) in [7, 11) is 0. The second-order valence-corrected chi connectivity index (χ2v) is 6.13. The van der Waals surface area contributed by atoms with Crippen molar-refractivity contribution in [3.8, 4) is 0 Å². The highest BCUT2D eigenvalue weighted by molar-refractivity contribution is 5.68. The largest absolute Gasteiger partial charge is 0.377 e. The molecule has 0 aliphatic rings. The van der Waals surface area contributed by atoms with Gasteiger partial charge < -0.3 is 9.57 Å². The van der Waals surface area contributed by atoms with Crippen molar-refractivity contribution < 1.29 is 14.4 Å². The number of carbonyl (C=O) groups is 1. The van der Waals surface area contributed by atoms with Gasteiger partial charge in [-0.2, -0.15) is 5.90 Å². The van der Waals surface area contributed by atoms with Crippen molar-refractivity contribution in [1.82, 2.24) is 0 Å². The Bertz CT molecular complexity index is 418. The van der Waals surface area contributed by atoms with Gasteiger partial charge in [0.2, 0.25) is 0 Å². The zero-order valence-corrected chi connectivity index (χ0v) is 15.2. The van der Waals surface area contributed by atoms with Crippen LogP contribution in [0.3, 0.4) is 0 Å². The molecule has 23 heavy (non-hydrogen) atoms. The minimum Gasteiger partial charge on any atom is -0.377 e. The summed E-state index contributed by atoms with van der Waals surface area (Å²) in [5.74, 6) is 4.36. The summed E-state index contributed by atoms with van der Waals surface area (Å²) in [6, 6.07) is 0. The molecule has 0 saturated carbocycles. The normalized spacial score (nSPS) is 12.2. The first-order chi connectivity index (χ1) is 11.0. The van der Waals surface area contributed by atoms with E-state index in [1.165, 1.54) is 16.7 Å². The maximum atomic E-state index is 10.8. The van der Waals surface area contributed by atoms with Gasteiger partial charge in [0.15, 0.2) is 0 Å². The van der Waals surface area contributed by atoms with Crippen LogP contribution in [0.2, 0.25) is 0 Å². The number of allylic oxidation sites excluding steroid dienone is 5. The van der Waals surface area contributed by atoms with E-state index < -0.39 is 5.97 Å². The summed E-state index contributed by atoms with van der Waals surface area (Å²) < 4.78 is 5.46. The number of ether oxygens (including phenoxy) is 1. The van der Waals surface area contributed by atoms with Gasteiger partial charge in [-0.05, 0) is 59.8 Å². The molecule has 0 bridgehead atoms. The van der Waals surface area contributed by atoms with Crippen LogP contribution in [0.15, 0.2) is 34.9 Å². The van der Waals surface area contributed by atoms with Gasteiger partial charge in [-0.3, -0.25) is 4.79 Å². The van der Waals surface area contributed by atoms with Crippen LogP contribution in [0, 0.1) is 0 Å². The zero-order chi connectivity index (χ0) is 17.5. The van der Waals surface area contributed by atoms with Crippen molar-refractivity contribution in [1.29, 1.82) is 0 Å². The lowest BCUT2D eigenvalue weighted by Gasteiger charge is -2.03. The fraction of sp³-hybridized carbons (Fsp3) is 0.632. The lowest BCUT2D eigenvalue weighted by molar-refractivity contribution is -0.144. The third-order valence-electron chi connectivity index (χ3n) is 3.47. The molecule has 0 aliphatic heterocycles. The van der Waals surface area contributed by atoms with Crippen molar-refractivity contribution in [3.63, 3.8) is 0 Å². The van der Waals surface area contributed by atoms with E-state index in [4.69, 9.17) is 10.6 Å². The van der Waals surface area contributed by atoms with Crippen LogP contribution in [-0.4, -0.2) is 19.2 Å². The third-order valence-corrected chi connectivity index (χ3v) is 3.47. The van der Waals surface area contributed by atoms with Crippen LogP contribution >= 0.6 is 0 Å². The van der Waals surface area contributed by atoms with Crippen LogP contribution in [0.5, 0.6) is 0 Å². The number of rotatable bonds is 12. The van der Waals surface area contributed by atoms with E-state index in [9.17, 15) is 4.79 Å². The Morgan fingerprint density at radius 3 is 2.13 bits per heavy atom. The third kappa shape index (κ3) is 15.3. The molecule has 0 unspecified atom stereocenters. The molecule has 0 aromatic carbocycles. The van der Waals surface area contributed by atoms with Crippen LogP contribution in [0.25, 0.3) is 0 Å². The molecule has 4 heteroatoms. The summed E-state index contributed by atoms with van der Waals surface area (Å²) >= 11 is 0. The van der Waals surface area contributed by atoms with Crippen LogP contribution in [-0.2, 0) is 14.4 Å². The Kier molecular flexibility index (Phi) is 13.4. The molecule has 0 spiro atoms. The Morgan fingerprint density at radius 1 is 0.913 bits per heavy atom. The Morgan fingerprint density at radius 2 is 1.52 bits per heavy atom. The van der Waals surface area contributed by atoms with Gasteiger partial charge in [-0.15, -0.1) is 0 Å². The van der Waals surface area contributed by atoms with Crippen molar-refractivity contribution in [3.05, 3.63) is 34.9 Å².